The van der Waals surface area contributed by atoms with Crippen LogP contribution in [0.15, 0.2) is 51.6 Å². The molecule has 2 aromatic heterocycles. The zero-order valence-corrected chi connectivity index (χ0v) is 15.8. The van der Waals surface area contributed by atoms with E-state index in [1.807, 2.05) is 42.8 Å². The standard InChI is InChI=1S/C18H17BrN4O3/c1-11-8-12(2)23(22-11)14-5-3-4-13(9-14)21-17(24)10-20-18(25)15-6-7-16(19)26-15/h3-9H,10H2,1-2H3,(H,20,25)(H,21,24). The second kappa shape index (κ2) is 7.57. The molecule has 0 radical (unpaired) electrons. The van der Waals surface area contributed by atoms with Crippen molar-refractivity contribution in [3.05, 3.63) is 64.3 Å². The highest BCUT2D eigenvalue weighted by Crippen LogP contribution is 2.17. The number of furan rings is 1. The molecule has 3 rings (SSSR count). The molecule has 0 aliphatic rings. The van der Waals surface area contributed by atoms with Crippen molar-refractivity contribution < 1.29 is 14.0 Å². The molecule has 3 aromatic rings. The van der Waals surface area contributed by atoms with Gasteiger partial charge in [-0.15, -0.1) is 0 Å². The average molecular weight is 417 g/mol. The third kappa shape index (κ3) is 4.20. The lowest BCUT2D eigenvalue weighted by Gasteiger charge is -2.09. The van der Waals surface area contributed by atoms with Gasteiger partial charge in [0.2, 0.25) is 5.91 Å². The molecule has 0 fully saturated rings. The third-order valence-electron chi connectivity index (χ3n) is 3.59. The molecule has 2 amide bonds. The van der Waals surface area contributed by atoms with Gasteiger partial charge in [0.1, 0.15) is 0 Å². The number of aryl methyl sites for hydroxylation is 2. The van der Waals surface area contributed by atoms with E-state index < -0.39 is 5.91 Å². The summed E-state index contributed by atoms with van der Waals surface area (Å²) in [6.07, 6.45) is 0. The smallest absolute Gasteiger partial charge is 0.287 e. The summed E-state index contributed by atoms with van der Waals surface area (Å²) >= 11 is 3.12. The Hall–Kier alpha value is -2.87. The van der Waals surface area contributed by atoms with Crippen molar-refractivity contribution in [1.29, 1.82) is 0 Å². The summed E-state index contributed by atoms with van der Waals surface area (Å²) in [4.78, 5) is 24.0. The van der Waals surface area contributed by atoms with Crippen molar-refractivity contribution in [3.63, 3.8) is 0 Å². The SMILES string of the molecule is Cc1cc(C)n(-c2cccc(NC(=O)CNC(=O)c3ccc(Br)o3)c2)n1. The van der Waals surface area contributed by atoms with E-state index in [0.29, 0.717) is 10.4 Å². The highest BCUT2D eigenvalue weighted by atomic mass is 79.9. The Morgan fingerprint density at radius 3 is 2.65 bits per heavy atom. The van der Waals surface area contributed by atoms with Crippen LogP contribution < -0.4 is 10.6 Å². The quantitative estimate of drug-likeness (QED) is 0.667. The number of carbonyl (C=O) groups excluding carboxylic acids is 2. The summed E-state index contributed by atoms with van der Waals surface area (Å²) in [7, 11) is 0. The number of aromatic nitrogens is 2. The van der Waals surface area contributed by atoms with Crippen LogP contribution in [0.2, 0.25) is 0 Å². The van der Waals surface area contributed by atoms with Gasteiger partial charge in [-0.25, -0.2) is 4.68 Å². The lowest BCUT2D eigenvalue weighted by molar-refractivity contribution is -0.115. The molecule has 134 valence electrons. The Morgan fingerprint density at radius 2 is 2.00 bits per heavy atom. The van der Waals surface area contributed by atoms with Gasteiger partial charge in [0.25, 0.3) is 5.91 Å². The Bertz CT molecular complexity index is 961. The molecule has 26 heavy (non-hydrogen) atoms. The van der Waals surface area contributed by atoms with Crippen LogP contribution >= 0.6 is 15.9 Å². The molecule has 0 saturated heterocycles. The van der Waals surface area contributed by atoms with Crippen molar-refractivity contribution in [1.82, 2.24) is 15.1 Å². The maximum Gasteiger partial charge on any atom is 0.287 e. The largest absolute Gasteiger partial charge is 0.444 e. The molecule has 1 aromatic carbocycles. The second-order valence-electron chi connectivity index (χ2n) is 5.72. The van der Waals surface area contributed by atoms with E-state index in [-0.39, 0.29) is 18.2 Å². The summed E-state index contributed by atoms with van der Waals surface area (Å²) < 4.78 is 7.40. The monoisotopic (exact) mass is 416 g/mol. The number of anilines is 1. The molecule has 2 N–H and O–H groups in total. The van der Waals surface area contributed by atoms with Crippen LogP contribution in [-0.2, 0) is 4.79 Å². The summed E-state index contributed by atoms with van der Waals surface area (Å²) in [6.45, 7) is 3.73. The number of benzene rings is 1. The molecule has 8 heteroatoms. The molecule has 0 unspecified atom stereocenters. The minimum Gasteiger partial charge on any atom is -0.444 e. The zero-order chi connectivity index (χ0) is 18.7. The van der Waals surface area contributed by atoms with Crippen LogP contribution in [0.25, 0.3) is 5.69 Å². The zero-order valence-electron chi connectivity index (χ0n) is 14.2. The first-order valence-electron chi connectivity index (χ1n) is 7.89. The summed E-state index contributed by atoms with van der Waals surface area (Å²) in [5, 5.41) is 9.69. The number of amides is 2. The summed E-state index contributed by atoms with van der Waals surface area (Å²) in [5.74, 6) is -0.659. The number of nitrogens with one attached hydrogen (secondary N) is 2. The van der Waals surface area contributed by atoms with Gasteiger partial charge in [0, 0.05) is 11.4 Å². The van der Waals surface area contributed by atoms with Crippen molar-refractivity contribution in [2.75, 3.05) is 11.9 Å². The van der Waals surface area contributed by atoms with Crippen LogP contribution in [0.3, 0.4) is 0 Å². The van der Waals surface area contributed by atoms with Gasteiger partial charge in [0.05, 0.1) is 17.9 Å². The lowest BCUT2D eigenvalue weighted by Crippen LogP contribution is -2.32. The summed E-state index contributed by atoms with van der Waals surface area (Å²) in [5.41, 5.74) is 3.39. The molecule has 0 spiro atoms. The first kappa shape index (κ1) is 17.9. The Morgan fingerprint density at radius 1 is 1.19 bits per heavy atom. The average Bonchev–Trinajstić information content (AvgIpc) is 3.18. The minimum absolute atomic E-state index is 0.135. The minimum atomic E-state index is -0.456. The van der Waals surface area contributed by atoms with Crippen LogP contribution in [0.5, 0.6) is 0 Å². The second-order valence-corrected chi connectivity index (χ2v) is 6.51. The van der Waals surface area contributed by atoms with Gasteiger partial charge < -0.3 is 15.1 Å². The van der Waals surface area contributed by atoms with Gasteiger partial charge in [-0.2, -0.15) is 5.10 Å². The van der Waals surface area contributed by atoms with Crippen molar-refractivity contribution in [3.8, 4) is 5.69 Å². The molecular weight excluding hydrogens is 400 g/mol. The molecule has 7 nitrogen and oxygen atoms in total. The molecule has 0 aliphatic carbocycles. The highest BCUT2D eigenvalue weighted by Gasteiger charge is 2.12. The fourth-order valence-corrected chi connectivity index (χ4v) is 2.80. The van der Waals surface area contributed by atoms with Gasteiger partial charge in [0.15, 0.2) is 10.4 Å². The van der Waals surface area contributed by atoms with Crippen molar-refractivity contribution >= 4 is 33.4 Å². The van der Waals surface area contributed by atoms with Crippen LogP contribution in [-0.4, -0.2) is 28.1 Å². The number of nitrogens with zero attached hydrogens (tertiary/aromatic N) is 2. The maximum absolute atomic E-state index is 12.1. The Balaban J connectivity index is 1.62. The van der Waals surface area contributed by atoms with Crippen LogP contribution in [0.1, 0.15) is 21.9 Å². The Kier molecular flexibility index (Phi) is 5.22. The Labute approximate surface area is 158 Å². The first-order chi connectivity index (χ1) is 12.4. The van der Waals surface area contributed by atoms with E-state index in [4.69, 9.17) is 4.42 Å². The summed E-state index contributed by atoms with van der Waals surface area (Å²) in [6, 6.07) is 12.5. The molecule has 0 saturated carbocycles. The van der Waals surface area contributed by atoms with E-state index in [9.17, 15) is 9.59 Å². The van der Waals surface area contributed by atoms with E-state index in [0.717, 1.165) is 17.1 Å². The van der Waals surface area contributed by atoms with Gasteiger partial charge in [-0.1, -0.05) is 6.07 Å². The van der Waals surface area contributed by atoms with Gasteiger partial charge in [-0.05, 0) is 66.2 Å². The molecule has 2 heterocycles. The van der Waals surface area contributed by atoms with E-state index in [1.54, 1.807) is 12.1 Å². The van der Waals surface area contributed by atoms with Gasteiger partial charge >= 0.3 is 0 Å². The molecular formula is C18H17BrN4O3. The van der Waals surface area contributed by atoms with Crippen molar-refractivity contribution in [2.24, 2.45) is 0 Å². The predicted molar refractivity (Wildman–Crippen MR) is 100 cm³/mol. The normalized spacial score (nSPS) is 10.6. The molecule has 0 atom stereocenters. The third-order valence-corrected chi connectivity index (χ3v) is 4.02. The number of hydrogen-bond acceptors (Lipinski definition) is 4. The number of hydrogen-bond donors (Lipinski definition) is 2. The predicted octanol–water partition coefficient (Wildman–Crippen LogP) is 3.21. The molecule has 0 aliphatic heterocycles. The lowest BCUT2D eigenvalue weighted by atomic mass is 10.2. The van der Waals surface area contributed by atoms with E-state index >= 15 is 0 Å². The number of halogens is 1. The van der Waals surface area contributed by atoms with Crippen LogP contribution in [0.4, 0.5) is 5.69 Å². The fourth-order valence-electron chi connectivity index (χ4n) is 2.49. The van der Waals surface area contributed by atoms with E-state index in [2.05, 4.69) is 31.7 Å². The van der Waals surface area contributed by atoms with Crippen LogP contribution in [0, 0.1) is 13.8 Å². The van der Waals surface area contributed by atoms with E-state index in [1.165, 1.54) is 6.07 Å². The first-order valence-corrected chi connectivity index (χ1v) is 8.69. The van der Waals surface area contributed by atoms with Gasteiger partial charge in [-0.3, -0.25) is 9.59 Å². The number of rotatable bonds is 5. The number of carbonyl (C=O) groups is 2. The molecule has 0 bridgehead atoms. The highest BCUT2D eigenvalue weighted by molar-refractivity contribution is 9.10. The topological polar surface area (TPSA) is 89.2 Å². The fraction of sp³-hybridized carbons (Fsp3) is 0.167. The maximum atomic E-state index is 12.1. The van der Waals surface area contributed by atoms with Crippen molar-refractivity contribution in [2.45, 2.75) is 13.8 Å².